The van der Waals surface area contributed by atoms with Crippen molar-refractivity contribution >= 4 is 33.2 Å². The maximum absolute atomic E-state index is 13.2. The Morgan fingerprint density at radius 3 is 2.92 bits per heavy atom. The molecule has 1 amide bonds. The van der Waals surface area contributed by atoms with Gasteiger partial charge in [0.2, 0.25) is 5.88 Å². The molecule has 7 nitrogen and oxygen atoms in total. The van der Waals surface area contributed by atoms with E-state index in [1.165, 1.54) is 7.11 Å². The first-order chi connectivity index (χ1) is 12.6. The molecular weight excluding hydrogens is 398 g/mol. The SMILES string of the molecule is COc1nc(N(C(=O)c2ccn3ncc(Br)c3c2)C2CC2)ccc1C#N. The third kappa shape index (κ3) is 2.80. The number of anilines is 1. The normalized spacial score (nSPS) is 13.4. The molecule has 0 bridgehead atoms. The first-order valence-corrected chi connectivity index (χ1v) is 8.83. The van der Waals surface area contributed by atoms with Crippen LogP contribution < -0.4 is 9.64 Å². The summed E-state index contributed by atoms with van der Waals surface area (Å²) in [5.74, 6) is 0.570. The van der Waals surface area contributed by atoms with Crippen molar-refractivity contribution in [3.63, 3.8) is 0 Å². The lowest BCUT2D eigenvalue weighted by molar-refractivity contribution is 0.0984. The molecular formula is C18H14BrN5O2. The van der Waals surface area contributed by atoms with Crippen LogP contribution in [0, 0.1) is 11.3 Å². The second-order valence-electron chi connectivity index (χ2n) is 5.98. The number of methoxy groups -OCH3 is 1. The minimum absolute atomic E-state index is 0.109. The quantitative estimate of drug-likeness (QED) is 0.657. The van der Waals surface area contributed by atoms with Crippen molar-refractivity contribution in [2.45, 2.75) is 18.9 Å². The fourth-order valence-electron chi connectivity index (χ4n) is 2.82. The van der Waals surface area contributed by atoms with Crippen LogP contribution in [0.1, 0.15) is 28.8 Å². The van der Waals surface area contributed by atoms with E-state index in [-0.39, 0.29) is 17.8 Å². The zero-order chi connectivity index (χ0) is 18.3. The van der Waals surface area contributed by atoms with Gasteiger partial charge in [0.05, 0.1) is 23.3 Å². The smallest absolute Gasteiger partial charge is 0.259 e. The Labute approximate surface area is 157 Å². The van der Waals surface area contributed by atoms with E-state index >= 15 is 0 Å². The molecule has 4 rings (SSSR count). The zero-order valence-corrected chi connectivity index (χ0v) is 15.5. The van der Waals surface area contributed by atoms with Crippen molar-refractivity contribution in [1.29, 1.82) is 5.26 Å². The number of ether oxygens (including phenoxy) is 1. The van der Waals surface area contributed by atoms with E-state index in [0.29, 0.717) is 16.9 Å². The van der Waals surface area contributed by atoms with E-state index in [1.807, 2.05) is 6.07 Å². The number of pyridine rings is 2. The van der Waals surface area contributed by atoms with Crippen molar-refractivity contribution in [1.82, 2.24) is 14.6 Å². The van der Waals surface area contributed by atoms with Gasteiger partial charge < -0.3 is 4.74 Å². The number of nitrogens with zero attached hydrogens (tertiary/aromatic N) is 5. The Morgan fingerprint density at radius 1 is 1.42 bits per heavy atom. The third-order valence-electron chi connectivity index (χ3n) is 4.26. The van der Waals surface area contributed by atoms with Gasteiger partial charge in [-0.05, 0) is 53.0 Å². The molecule has 1 aliphatic carbocycles. The highest BCUT2D eigenvalue weighted by Gasteiger charge is 2.35. The fourth-order valence-corrected chi connectivity index (χ4v) is 3.21. The number of amides is 1. The van der Waals surface area contributed by atoms with Crippen LogP contribution in [-0.2, 0) is 0 Å². The highest BCUT2D eigenvalue weighted by Crippen LogP contribution is 2.34. The summed E-state index contributed by atoms with van der Waals surface area (Å²) < 4.78 is 7.71. The Hall–Kier alpha value is -2.92. The highest BCUT2D eigenvalue weighted by molar-refractivity contribution is 9.10. The summed E-state index contributed by atoms with van der Waals surface area (Å²) in [5, 5.41) is 13.3. The molecule has 3 heterocycles. The van der Waals surface area contributed by atoms with E-state index in [9.17, 15) is 4.79 Å². The molecule has 0 aliphatic heterocycles. The molecule has 0 saturated heterocycles. The second kappa shape index (κ2) is 6.42. The maximum atomic E-state index is 13.2. The molecule has 3 aromatic rings. The number of aromatic nitrogens is 3. The number of carbonyl (C=O) groups is 1. The minimum atomic E-state index is -0.137. The predicted molar refractivity (Wildman–Crippen MR) is 98.2 cm³/mol. The lowest BCUT2D eigenvalue weighted by Gasteiger charge is -2.22. The molecule has 1 saturated carbocycles. The molecule has 3 aromatic heterocycles. The van der Waals surface area contributed by atoms with E-state index < -0.39 is 0 Å². The molecule has 0 aromatic carbocycles. The van der Waals surface area contributed by atoms with Gasteiger partial charge >= 0.3 is 0 Å². The molecule has 0 N–H and O–H groups in total. The van der Waals surface area contributed by atoms with E-state index in [2.05, 4.69) is 26.0 Å². The van der Waals surface area contributed by atoms with Crippen LogP contribution in [0.5, 0.6) is 5.88 Å². The van der Waals surface area contributed by atoms with Gasteiger partial charge in [0.1, 0.15) is 17.5 Å². The maximum Gasteiger partial charge on any atom is 0.259 e. The van der Waals surface area contributed by atoms with Gasteiger partial charge in [-0.1, -0.05) is 0 Å². The number of fused-ring (bicyclic) bond motifs is 1. The average Bonchev–Trinajstić information content (AvgIpc) is 3.44. The van der Waals surface area contributed by atoms with Crippen molar-refractivity contribution in [2.24, 2.45) is 0 Å². The standard InChI is InChI=1S/C18H14BrN5O2/c1-26-17-12(9-20)2-5-16(22-17)24(13-3-4-13)18(25)11-6-7-23-15(8-11)14(19)10-21-23/h2,5-8,10,13H,3-4H2,1H3. The van der Waals surface area contributed by atoms with E-state index in [4.69, 9.17) is 10.00 Å². The molecule has 8 heteroatoms. The van der Waals surface area contributed by atoms with Crippen molar-refractivity contribution in [3.05, 3.63) is 52.3 Å². The van der Waals surface area contributed by atoms with Gasteiger partial charge in [-0.25, -0.2) is 4.52 Å². The van der Waals surface area contributed by atoms with Crippen molar-refractivity contribution in [2.75, 3.05) is 12.0 Å². The summed E-state index contributed by atoms with van der Waals surface area (Å²) in [6.45, 7) is 0. The third-order valence-corrected chi connectivity index (χ3v) is 4.87. The topological polar surface area (TPSA) is 83.5 Å². The minimum Gasteiger partial charge on any atom is -0.480 e. The summed E-state index contributed by atoms with van der Waals surface area (Å²) in [6, 6.07) is 9.00. The fraction of sp³-hybridized carbons (Fsp3) is 0.222. The lowest BCUT2D eigenvalue weighted by atomic mass is 10.2. The summed E-state index contributed by atoms with van der Waals surface area (Å²) in [7, 11) is 1.46. The summed E-state index contributed by atoms with van der Waals surface area (Å²) >= 11 is 3.44. The molecule has 0 unspecified atom stereocenters. The molecule has 130 valence electrons. The molecule has 0 spiro atoms. The van der Waals surface area contributed by atoms with Gasteiger partial charge in [0.25, 0.3) is 5.91 Å². The van der Waals surface area contributed by atoms with Crippen LogP contribution in [0.15, 0.2) is 41.1 Å². The van der Waals surface area contributed by atoms with Crippen LogP contribution >= 0.6 is 15.9 Å². The number of carbonyl (C=O) groups excluding carboxylic acids is 1. The number of nitriles is 1. The Bertz CT molecular complexity index is 1050. The Kier molecular flexibility index (Phi) is 4.09. The van der Waals surface area contributed by atoms with Gasteiger partial charge in [0, 0.05) is 17.8 Å². The number of hydrogen-bond donors (Lipinski definition) is 0. The van der Waals surface area contributed by atoms with Crippen LogP contribution in [-0.4, -0.2) is 33.7 Å². The summed E-state index contributed by atoms with van der Waals surface area (Å²) in [5.41, 5.74) is 1.71. The van der Waals surface area contributed by atoms with Crippen LogP contribution in [0.4, 0.5) is 5.82 Å². The first kappa shape index (κ1) is 16.5. The van der Waals surface area contributed by atoms with E-state index in [0.717, 1.165) is 22.8 Å². The molecule has 1 aliphatic rings. The summed E-state index contributed by atoms with van der Waals surface area (Å²) in [6.07, 6.45) is 5.29. The largest absolute Gasteiger partial charge is 0.480 e. The predicted octanol–water partition coefficient (Wildman–Crippen LogP) is 3.18. The van der Waals surface area contributed by atoms with Crippen LogP contribution in [0.3, 0.4) is 0 Å². The molecule has 0 radical (unpaired) electrons. The number of rotatable bonds is 4. The van der Waals surface area contributed by atoms with Gasteiger partial charge in [-0.3, -0.25) is 9.69 Å². The van der Waals surface area contributed by atoms with Crippen molar-refractivity contribution < 1.29 is 9.53 Å². The summed E-state index contributed by atoms with van der Waals surface area (Å²) in [4.78, 5) is 19.2. The van der Waals surface area contributed by atoms with Crippen molar-refractivity contribution in [3.8, 4) is 11.9 Å². The average molecular weight is 412 g/mol. The number of hydrogen-bond acceptors (Lipinski definition) is 5. The van der Waals surface area contributed by atoms with Gasteiger partial charge in [-0.15, -0.1) is 0 Å². The highest BCUT2D eigenvalue weighted by atomic mass is 79.9. The second-order valence-corrected chi connectivity index (χ2v) is 6.84. The molecule has 0 atom stereocenters. The molecule has 26 heavy (non-hydrogen) atoms. The zero-order valence-electron chi connectivity index (χ0n) is 13.9. The van der Waals surface area contributed by atoms with Crippen LogP contribution in [0.25, 0.3) is 5.52 Å². The van der Waals surface area contributed by atoms with E-state index in [1.54, 1.807) is 46.1 Å². The monoisotopic (exact) mass is 411 g/mol. The first-order valence-electron chi connectivity index (χ1n) is 8.04. The Balaban J connectivity index is 1.75. The van der Waals surface area contributed by atoms with Gasteiger partial charge in [0.15, 0.2) is 0 Å². The Morgan fingerprint density at radius 2 is 2.23 bits per heavy atom. The van der Waals surface area contributed by atoms with Crippen LogP contribution in [0.2, 0.25) is 0 Å². The number of halogens is 1. The lowest BCUT2D eigenvalue weighted by Crippen LogP contribution is -2.34. The molecule has 1 fully saturated rings. The van der Waals surface area contributed by atoms with Gasteiger partial charge in [-0.2, -0.15) is 15.3 Å².